The normalized spacial score (nSPS) is 11.3. The maximum absolute atomic E-state index is 11.7. The Bertz CT molecular complexity index is 430. The van der Waals surface area contributed by atoms with Crippen molar-refractivity contribution in [3.63, 3.8) is 0 Å². The molecule has 0 aliphatic heterocycles. The molecule has 0 aromatic carbocycles. The first-order chi connectivity index (χ1) is 17.8. The van der Waals surface area contributed by atoms with Crippen LogP contribution in [0.25, 0.3) is 0 Å². The predicted octanol–water partition coefficient (Wildman–Crippen LogP) is 4.22. The molecule has 0 fully saturated rings. The summed E-state index contributed by atoms with van der Waals surface area (Å²) in [6, 6.07) is 0. The van der Waals surface area contributed by atoms with E-state index < -0.39 is 0 Å². The summed E-state index contributed by atoms with van der Waals surface area (Å²) in [5, 5.41) is 0. The van der Waals surface area contributed by atoms with E-state index in [9.17, 15) is 4.79 Å². The number of carbonyl (C=O) groups excluding carboxylic acids is 1. The zero-order chi connectivity index (χ0) is 26.2. The van der Waals surface area contributed by atoms with Crippen molar-refractivity contribution >= 4 is 28.6 Å². The molecule has 36 heavy (non-hydrogen) atoms. The molecule has 0 saturated carbocycles. The van der Waals surface area contributed by atoms with E-state index in [0.717, 1.165) is 23.9 Å². The average molecular weight is 635 g/mol. The summed E-state index contributed by atoms with van der Waals surface area (Å²) in [5.74, 6) is -0.133. The molecule has 216 valence electrons. The molecular weight excluding hydrogens is 583 g/mol. The molecule has 0 bridgehead atoms. The lowest BCUT2D eigenvalue weighted by Crippen LogP contribution is -2.15. The first-order valence-electron chi connectivity index (χ1n) is 13.6. The highest BCUT2D eigenvalue weighted by Gasteiger charge is 2.02. The second-order valence-electron chi connectivity index (χ2n) is 8.07. The minimum atomic E-state index is -0.133. The molecule has 0 atom stereocenters. The Labute approximate surface area is 232 Å². The lowest BCUT2D eigenvalue weighted by Gasteiger charge is -2.08. The van der Waals surface area contributed by atoms with Crippen molar-refractivity contribution in [2.75, 3.05) is 104 Å². The molecule has 0 aliphatic rings. The molecule has 0 amide bonds. The van der Waals surface area contributed by atoms with Gasteiger partial charge in [-0.2, -0.15) is 0 Å². The van der Waals surface area contributed by atoms with Crippen LogP contribution in [0.15, 0.2) is 0 Å². The third-order valence-corrected chi connectivity index (χ3v) is 5.37. The van der Waals surface area contributed by atoms with Crippen LogP contribution in [-0.2, 0) is 42.7 Å². The van der Waals surface area contributed by atoms with Gasteiger partial charge in [-0.15, -0.1) is 0 Å². The highest BCUT2D eigenvalue weighted by Crippen LogP contribution is 2.08. The minimum absolute atomic E-state index is 0.133. The predicted molar refractivity (Wildman–Crippen MR) is 148 cm³/mol. The van der Waals surface area contributed by atoms with Crippen molar-refractivity contribution in [1.29, 1.82) is 0 Å². The molecule has 0 heterocycles. The van der Waals surface area contributed by atoms with Gasteiger partial charge in [0.05, 0.1) is 92.5 Å². The Kier molecular flexibility index (Phi) is 32.9. The van der Waals surface area contributed by atoms with Gasteiger partial charge in [0.15, 0.2) is 0 Å². The third kappa shape index (κ3) is 31.9. The van der Waals surface area contributed by atoms with Gasteiger partial charge in [0.1, 0.15) is 6.61 Å². The second-order valence-corrected chi connectivity index (χ2v) is 9.15. The van der Waals surface area contributed by atoms with Crippen LogP contribution in [0.3, 0.4) is 0 Å². The van der Waals surface area contributed by atoms with E-state index >= 15 is 0 Å². The Morgan fingerprint density at radius 2 is 0.806 bits per heavy atom. The number of hydrogen-bond acceptors (Lipinski definition) is 9. The topological polar surface area (TPSA) is 90.9 Å². The standard InChI is InChI=1S/C26H51IO9/c1-2-3-4-5-6-7-8-9-26(28)36-25-24-35-23-22-34-21-20-33-19-18-32-17-16-31-15-14-30-13-12-29-11-10-27/h2-25H2,1H3. The number of halogens is 1. The van der Waals surface area contributed by atoms with Gasteiger partial charge >= 0.3 is 5.97 Å². The molecular formula is C26H51IO9. The fourth-order valence-corrected chi connectivity index (χ4v) is 3.30. The molecule has 0 saturated heterocycles. The van der Waals surface area contributed by atoms with Crippen molar-refractivity contribution in [1.82, 2.24) is 0 Å². The van der Waals surface area contributed by atoms with Crippen LogP contribution in [0.2, 0.25) is 0 Å². The third-order valence-electron chi connectivity index (χ3n) is 4.93. The Hall–Kier alpha value is -0.0800. The minimum Gasteiger partial charge on any atom is -0.463 e. The van der Waals surface area contributed by atoms with Crippen molar-refractivity contribution in [2.45, 2.75) is 58.3 Å². The summed E-state index contributed by atoms with van der Waals surface area (Å²) in [5.41, 5.74) is 0. The summed E-state index contributed by atoms with van der Waals surface area (Å²) in [6.45, 7) is 10.1. The fraction of sp³-hybridized carbons (Fsp3) is 0.962. The first-order valence-corrected chi connectivity index (χ1v) is 15.1. The lowest BCUT2D eigenvalue weighted by molar-refractivity contribution is -0.145. The Morgan fingerprint density at radius 1 is 0.472 bits per heavy atom. The van der Waals surface area contributed by atoms with Gasteiger partial charge in [0.25, 0.3) is 0 Å². The quantitative estimate of drug-likeness (QED) is 0.0482. The summed E-state index contributed by atoms with van der Waals surface area (Å²) in [6.07, 6.45) is 8.85. The SMILES string of the molecule is CCCCCCCCCC(=O)OCCOCCOCCOCCOCCOCCOCCOCCI. The number of hydrogen-bond donors (Lipinski definition) is 0. The van der Waals surface area contributed by atoms with E-state index in [1.165, 1.54) is 32.1 Å². The molecule has 0 unspecified atom stereocenters. The molecule has 0 spiro atoms. The van der Waals surface area contributed by atoms with Crippen LogP contribution in [0, 0.1) is 0 Å². The van der Waals surface area contributed by atoms with Crippen LogP contribution in [-0.4, -0.2) is 110 Å². The maximum Gasteiger partial charge on any atom is 0.305 e. The Morgan fingerprint density at radius 3 is 1.19 bits per heavy atom. The highest BCUT2D eigenvalue weighted by atomic mass is 127. The van der Waals surface area contributed by atoms with Crippen molar-refractivity contribution in [3.05, 3.63) is 0 Å². The summed E-state index contributed by atoms with van der Waals surface area (Å²) in [4.78, 5) is 11.7. The number of unbranched alkanes of at least 4 members (excludes halogenated alkanes) is 6. The van der Waals surface area contributed by atoms with E-state index in [4.69, 9.17) is 37.9 Å². The van der Waals surface area contributed by atoms with Crippen LogP contribution >= 0.6 is 22.6 Å². The smallest absolute Gasteiger partial charge is 0.305 e. The van der Waals surface area contributed by atoms with Crippen molar-refractivity contribution in [2.24, 2.45) is 0 Å². The number of ether oxygens (including phenoxy) is 8. The number of rotatable bonds is 31. The zero-order valence-electron chi connectivity index (χ0n) is 22.5. The van der Waals surface area contributed by atoms with E-state index in [-0.39, 0.29) is 5.97 Å². The van der Waals surface area contributed by atoms with Gasteiger partial charge in [-0.1, -0.05) is 68.0 Å². The van der Waals surface area contributed by atoms with Crippen LogP contribution in [0.5, 0.6) is 0 Å². The molecule has 0 radical (unpaired) electrons. The van der Waals surface area contributed by atoms with Gasteiger partial charge in [0.2, 0.25) is 0 Å². The molecule has 9 nitrogen and oxygen atoms in total. The van der Waals surface area contributed by atoms with Crippen molar-refractivity contribution < 1.29 is 42.7 Å². The summed E-state index contributed by atoms with van der Waals surface area (Å²) >= 11 is 2.28. The molecule has 0 aromatic heterocycles. The van der Waals surface area contributed by atoms with E-state index in [0.29, 0.717) is 98.9 Å². The molecule has 0 N–H and O–H groups in total. The molecule has 10 heteroatoms. The van der Waals surface area contributed by atoms with E-state index in [2.05, 4.69) is 29.5 Å². The number of carbonyl (C=O) groups is 1. The fourth-order valence-electron chi connectivity index (χ4n) is 2.99. The van der Waals surface area contributed by atoms with Crippen LogP contribution in [0.4, 0.5) is 0 Å². The Balaban J connectivity index is 3.10. The van der Waals surface area contributed by atoms with Gasteiger partial charge in [0, 0.05) is 10.8 Å². The van der Waals surface area contributed by atoms with Gasteiger partial charge in [-0.05, 0) is 6.42 Å². The lowest BCUT2D eigenvalue weighted by atomic mass is 10.1. The number of alkyl halides is 1. The second kappa shape index (κ2) is 32.9. The summed E-state index contributed by atoms with van der Waals surface area (Å²) < 4.78 is 44.0. The first kappa shape index (κ1) is 35.9. The monoisotopic (exact) mass is 634 g/mol. The molecule has 0 aliphatic carbocycles. The maximum atomic E-state index is 11.7. The largest absolute Gasteiger partial charge is 0.463 e. The van der Waals surface area contributed by atoms with Crippen molar-refractivity contribution in [3.8, 4) is 0 Å². The average Bonchev–Trinajstić information content (AvgIpc) is 2.88. The summed E-state index contributed by atoms with van der Waals surface area (Å²) in [7, 11) is 0. The zero-order valence-corrected chi connectivity index (χ0v) is 24.7. The van der Waals surface area contributed by atoms with Gasteiger partial charge in [-0.25, -0.2) is 0 Å². The molecule has 0 rings (SSSR count). The van der Waals surface area contributed by atoms with E-state index in [1.807, 2.05) is 0 Å². The number of esters is 1. The van der Waals surface area contributed by atoms with E-state index in [1.54, 1.807) is 0 Å². The molecule has 0 aromatic rings. The van der Waals surface area contributed by atoms with Crippen LogP contribution in [0.1, 0.15) is 58.3 Å². The highest BCUT2D eigenvalue weighted by molar-refractivity contribution is 14.1. The van der Waals surface area contributed by atoms with Crippen LogP contribution < -0.4 is 0 Å². The van der Waals surface area contributed by atoms with Gasteiger partial charge < -0.3 is 37.9 Å². The van der Waals surface area contributed by atoms with Gasteiger partial charge in [-0.3, -0.25) is 4.79 Å².